The summed E-state index contributed by atoms with van der Waals surface area (Å²) in [6, 6.07) is 7.29. The number of ketones is 1. The Hall–Kier alpha value is -1.62. The van der Waals surface area contributed by atoms with Crippen LogP contribution in [0.15, 0.2) is 24.3 Å². The molecule has 20 heavy (non-hydrogen) atoms. The molecular weight excluding hydrogens is 251 g/mol. The molecule has 0 saturated heterocycles. The number of Topliss-reactive ketones (excluding diaryl/α,β-unsaturated/α-hetero) is 1. The van der Waals surface area contributed by atoms with E-state index in [2.05, 4.69) is 11.8 Å². The normalized spacial score (nSPS) is 22.3. The Kier molecular flexibility index (Phi) is 4.95. The van der Waals surface area contributed by atoms with Crippen LogP contribution in [-0.2, 0) is 6.42 Å². The second kappa shape index (κ2) is 6.70. The van der Waals surface area contributed by atoms with E-state index >= 15 is 0 Å². The molecule has 0 saturated carbocycles. The molecule has 0 spiro atoms. The first-order chi connectivity index (χ1) is 9.63. The van der Waals surface area contributed by atoms with Crippen molar-refractivity contribution < 1.29 is 9.18 Å². The molecule has 1 aromatic rings. The molecule has 1 unspecified atom stereocenters. The summed E-state index contributed by atoms with van der Waals surface area (Å²) < 4.78 is 14.8. The van der Waals surface area contributed by atoms with Crippen LogP contribution in [0, 0.1) is 11.8 Å². The molecule has 0 N–H and O–H groups in total. The van der Waals surface area contributed by atoms with Crippen molar-refractivity contribution >= 4 is 5.78 Å². The smallest absolute Gasteiger partial charge is 0.174 e. The van der Waals surface area contributed by atoms with Crippen LogP contribution in [0.25, 0.3) is 0 Å². The average molecular weight is 272 g/mol. The highest BCUT2D eigenvalue weighted by molar-refractivity contribution is 5.95. The van der Waals surface area contributed by atoms with Gasteiger partial charge in [-0.3, -0.25) is 4.79 Å². The largest absolute Gasteiger partial charge is 0.294 e. The Morgan fingerprint density at radius 1 is 1.25 bits per heavy atom. The minimum Gasteiger partial charge on any atom is -0.294 e. The second-order valence-electron chi connectivity index (χ2n) is 5.48. The van der Waals surface area contributed by atoms with Gasteiger partial charge in [-0.2, -0.15) is 0 Å². The zero-order valence-corrected chi connectivity index (χ0v) is 12.0. The van der Waals surface area contributed by atoms with Crippen LogP contribution in [0.5, 0.6) is 0 Å². The second-order valence-corrected chi connectivity index (χ2v) is 5.48. The fourth-order valence-electron chi connectivity index (χ4n) is 2.55. The SMILES string of the molecule is CCC(=O)c1ccc(CC2(F)C#CCCCCC2)cc1. The van der Waals surface area contributed by atoms with Crippen molar-refractivity contribution in [3.05, 3.63) is 35.4 Å². The molecule has 0 fully saturated rings. The summed E-state index contributed by atoms with van der Waals surface area (Å²) >= 11 is 0. The van der Waals surface area contributed by atoms with Crippen LogP contribution in [0.4, 0.5) is 4.39 Å². The van der Waals surface area contributed by atoms with Gasteiger partial charge in [0, 0.05) is 24.8 Å². The Balaban J connectivity index is 2.10. The molecule has 1 aliphatic rings. The maximum Gasteiger partial charge on any atom is 0.174 e. The summed E-state index contributed by atoms with van der Waals surface area (Å²) in [5.74, 6) is 5.89. The van der Waals surface area contributed by atoms with E-state index in [4.69, 9.17) is 0 Å². The number of carbonyl (C=O) groups excluding carboxylic acids is 1. The van der Waals surface area contributed by atoms with Gasteiger partial charge in [0.15, 0.2) is 11.5 Å². The monoisotopic (exact) mass is 272 g/mol. The molecule has 0 heterocycles. The lowest BCUT2D eigenvalue weighted by molar-refractivity contribution is 0.0988. The lowest BCUT2D eigenvalue weighted by Crippen LogP contribution is -2.24. The summed E-state index contributed by atoms with van der Waals surface area (Å²) in [5.41, 5.74) is 0.208. The number of hydrogen-bond acceptors (Lipinski definition) is 1. The highest BCUT2D eigenvalue weighted by Gasteiger charge is 2.27. The Morgan fingerprint density at radius 3 is 2.70 bits per heavy atom. The third-order valence-corrected chi connectivity index (χ3v) is 3.77. The van der Waals surface area contributed by atoms with E-state index in [-0.39, 0.29) is 5.78 Å². The molecule has 0 amide bonds. The van der Waals surface area contributed by atoms with Gasteiger partial charge in [0.05, 0.1) is 0 Å². The third-order valence-electron chi connectivity index (χ3n) is 3.77. The summed E-state index contributed by atoms with van der Waals surface area (Å²) in [6.07, 6.45) is 5.17. The zero-order valence-electron chi connectivity index (χ0n) is 12.0. The lowest BCUT2D eigenvalue weighted by Gasteiger charge is -2.21. The van der Waals surface area contributed by atoms with Crippen LogP contribution in [-0.4, -0.2) is 11.5 Å². The summed E-state index contributed by atoms with van der Waals surface area (Å²) in [4.78, 5) is 11.6. The Labute approximate surface area is 120 Å². The number of halogens is 1. The van der Waals surface area contributed by atoms with Gasteiger partial charge < -0.3 is 0 Å². The van der Waals surface area contributed by atoms with Crippen LogP contribution >= 0.6 is 0 Å². The maximum atomic E-state index is 14.8. The van der Waals surface area contributed by atoms with Crippen LogP contribution in [0.3, 0.4) is 0 Å². The van der Waals surface area contributed by atoms with Gasteiger partial charge in [-0.1, -0.05) is 49.5 Å². The van der Waals surface area contributed by atoms with Gasteiger partial charge in [0.25, 0.3) is 0 Å². The first-order valence-electron chi connectivity index (χ1n) is 7.44. The first-order valence-corrected chi connectivity index (χ1v) is 7.44. The molecule has 1 aromatic carbocycles. The average Bonchev–Trinajstić information content (AvgIpc) is 2.44. The van der Waals surface area contributed by atoms with E-state index in [0.29, 0.717) is 24.8 Å². The summed E-state index contributed by atoms with van der Waals surface area (Å²) in [7, 11) is 0. The van der Waals surface area contributed by atoms with Crippen molar-refractivity contribution in [3.8, 4) is 11.8 Å². The Morgan fingerprint density at radius 2 is 2.00 bits per heavy atom. The number of benzene rings is 1. The number of carbonyl (C=O) groups is 1. The van der Waals surface area contributed by atoms with Gasteiger partial charge >= 0.3 is 0 Å². The van der Waals surface area contributed by atoms with Gasteiger partial charge in [-0.25, -0.2) is 4.39 Å². The van der Waals surface area contributed by atoms with Gasteiger partial charge in [0.2, 0.25) is 0 Å². The molecule has 2 heteroatoms. The van der Waals surface area contributed by atoms with Crippen LogP contribution in [0.2, 0.25) is 0 Å². The highest BCUT2D eigenvalue weighted by atomic mass is 19.1. The Bertz CT molecular complexity index is 521. The van der Waals surface area contributed by atoms with E-state index in [9.17, 15) is 9.18 Å². The quantitative estimate of drug-likeness (QED) is 0.582. The molecule has 106 valence electrons. The third kappa shape index (κ3) is 3.93. The van der Waals surface area contributed by atoms with Crippen molar-refractivity contribution in [3.63, 3.8) is 0 Å². The maximum absolute atomic E-state index is 14.8. The molecule has 1 nitrogen and oxygen atoms in total. The van der Waals surface area contributed by atoms with Crippen LogP contribution in [0.1, 0.15) is 61.4 Å². The van der Waals surface area contributed by atoms with Gasteiger partial charge in [-0.15, -0.1) is 0 Å². The number of hydrogen-bond donors (Lipinski definition) is 0. The van der Waals surface area contributed by atoms with Crippen molar-refractivity contribution in [1.29, 1.82) is 0 Å². The fourth-order valence-corrected chi connectivity index (χ4v) is 2.55. The van der Waals surface area contributed by atoms with E-state index in [0.717, 1.165) is 31.2 Å². The molecule has 0 aromatic heterocycles. The molecule has 1 aliphatic carbocycles. The predicted octanol–water partition coefficient (Wildman–Crippen LogP) is 4.50. The number of alkyl halides is 1. The number of rotatable bonds is 4. The van der Waals surface area contributed by atoms with E-state index in [1.54, 1.807) is 12.1 Å². The van der Waals surface area contributed by atoms with Crippen molar-refractivity contribution in [2.75, 3.05) is 0 Å². The first kappa shape index (κ1) is 14.8. The van der Waals surface area contributed by atoms with E-state index in [1.807, 2.05) is 19.1 Å². The van der Waals surface area contributed by atoms with Gasteiger partial charge in [-0.05, 0) is 24.8 Å². The van der Waals surface area contributed by atoms with E-state index in [1.165, 1.54) is 0 Å². The summed E-state index contributed by atoms with van der Waals surface area (Å²) in [5, 5.41) is 0. The van der Waals surface area contributed by atoms with E-state index < -0.39 is 5.67 Å². The summed E-state index contributed by atoms with van der Waals surface area (Å²) in [6.45, 7) is 1.84. The van der Waals surface area contributed by atoms with Crippen molar-refractivity contribution in [2.24, 2.45) is 0 Å². The molecule has 1 atom stereocenters. The van der Waals surface area contributed by atoms with Crippen molar-refractivity contribution in [1.82, 2.24) is 0 Å². The molecule has 2 rings (SSSR count). The predicted molar refractivity (Wildman–Crippen MR) is 79.5 cm³/mol. The lowest BCUT2D eigenvalue weighted by atomic mass is 9.89. The fraction of sp³-hybridized carbons (Fsp3) is 0.500. The highest BCUT2D eigenvalue weighted by Crippen LogP contribution is 2.26. The van der Waals surface area contributed by atoms with Gasteiger partial charge in [0.1, 0.15) is 0 Å². The molecule has 0 bridgehead atoms. The van der Waals surface area contributed by atoms with Crippen molar-refractivity contribution in [2.45, 2.75) is 57.5 Å². The molecule has 0 aliphatic heterocycles. The van der Waals surface area contributed by atoms with Crippen LogP contribution < -0.4 is 0 Å². The minimum atomic E-state index is -1.41. The standard InChI is InChI=1S/C18H21FO/c1-2-17(20)16-10-8-15(9-11-16)14-18(19)12-6-4-3-5-7-13-18/h8-11H,2-6,12,14H2,1H3. The topological polar surface area (TPSA) is 17.1 Å². The minimum absolute atomic E-state index is 0.122. The molecular formula is C18H21FO. The molecule has 0 radical (unpaired) electrons. The zero-order chi connectivity index (χ0) is 14.4.